The maximum absolute atomic E-state index is 6.28. The van der Waals surface area contributed by atoms with Crippen LogP contribution in [0.5, 0.6) is 0 Å². The Morgan fingerprint density at radius 1 is 0.941 bits per heavy atom. The van der Waals surface area contributed by atoms with Crippen LogP contribution in [0.3, 0.4) is 0 Å². The second-order valence-corrected chi connectivity index (χ2v) is 6.13. The number of nitrogens with two attached hydrogens (primary N) is 1. The highest BCUT2D eigenvalue weighted by Gasteiger charge is 2.19. The van der Waals surface area contributed by atoms with Crippen LogP contribution in [0.15, 0.2) is 0 Å². The molecule has 2 aliphatic rings. The molecule has 100 valence electrons. The number of rotatable bonds is 5. The largest absolute Gasteiger partial charge is 0.381 e. The van der Waals surface area contributed by atoms with Gasteiger partial charge in [-0.3, -0.25) is 0 Å². The fourth-order valence-corrected chi connectivity index (χ4v) is 3.45. The highest BCUT2D eigenvalue weighted by molar-refractivity contribution is 4.73. The predicted molar refractivity (Wildman–Crippen MR) is 71.9 cm³/mol. The van der Waals surface area contributed by atoms with Crippen molar-refractivity contribution in [2.24, 2.45) is 17.6 Å². The fourth-order valence-electron chi connectivity index (χ4n) is 3.45. The molecule has 2 nitrogen and oxygen atoms in total. The molecule has 1 aliphatic heterocycles. The first kappa shape index (κ1) is 13.4. The van der Waals surface area contributed by atoms with Gasteiger partial charge < -0.3 is 10.5 Å². The molecule has 0 aromatic carbocycles. The predicted octanol–water partition coefficient (Wildman–Crippen LogP) is 3.49. The van der Waals surface area contributed by atoms with E-state index in [-0.39, 0.29) is 0 Å². The molecule has 2 N–H and O–H groups in total. The van der Waals surface area contributed by atoms with Gasteiger partial charge in [0.2, 0.25) is 0 Å². The van der Waals surface area contributed by atoms with Crippen molar-refractivity contribution < 1.29 is 4.74 Å². The molecule has 1 heterocycles. The Morgan fingerprint density at radius 2 is 1.65 bits per heavy atom. The van der Waals surface area contributed by atoms with Crippen LogP contribution in [0.1, 0.15) is 64.2 Å². The summed E-state index contributed by atoms with van der Waals surface area (Å²) in [7, 11) is 0. The minimum absolute atomic E-state index is 0.444. The van der Waals surface area contributed by atoms with E-state index in [2.05, 4.69) is 0 Å². The molecule has 1 aliphatic carbocycles. The molecule has 0 bridgehead atoms. The summed E-state index contributed by atoms with van der Waals surface area (Å²) < 4.78 is 5.40. The SMILES string of the molecule is NC(CCC1CCCCC1)CC1CCOCC1. The average Bonchev–Trinajstić information content (AvgIpc) is 2.39. The van der Waals surface area contributed by atoms with E-state index in [1.165, 1.54) is 64.2 Å². The second kappa shape index (κ2) is 7.38. The third-order valence-electron chi connectivity index (χ3n) is 4.65. The third-order valence-corrected chi connectivity index (χ3v) is 4.65. The molecule has 0 radical (unpaired) electrons. The van der Waals surface area contributed by atoms with E-state index in [0.29, 0.717) is 6.04 Å². The summed E-state index contributed by atoms with van der Waals surface area (Å²) >= 11 is 0. The maximum Gasteiger partial charge on any atom is 0.0468 e. The minimum atomic E-state index is 0.444. The van der Waals surface area contributed by atoms with Gasteiger partial charge in [0.25, 0.3) is 0 Å². The molecule has 0 spiro atoms. The van der Waals surface area contributed by atoms with E-state index in [1.807, 2.05) is 0 Å². The molecule has 2 fully saturated rings. The summed E-state index contributed by atoms with van der Waals surface area (Å²) in [5.74, 6) is 1.83. The first-order chi connectivity index (χ1) is 8.34. The lowest BCUT2D eigenvalue weighted by Crippen LogP contribution is -2.27. The molecule has 2 heteroatoms. The van der Waals surface area contributed by atoms with Crippen molar-refractivity contribution in [2.75, 3.05) is 13.2 Å². The Balaban J connectivity index is 1.57. The lowest BCUT2D eigenvalue weighted by molar-refractivity contribution is 0.0613. The highest BCUT2D eigenvalue weighted by atomic mass is 16.5. The van der Waals surface area contributed by atoms with Crippen molar-refractivity contribution >= 4 is 0 Å². The van der Waals surface area contributed by atoms with Crippen molar-refractivity contribution in [3.8, 4) is 0 Å². The summed E-state index contributed by atoms with van der Waals surface area (Å²) in [5, 5.41) is 0. The monoisotopic (exact) mass is 239 g/mol. The molecule has 1 unspecified atom stereocenters. The van der Waals surface area contributed by atoms with Gasteiger partial charge in [-0.25, -0.2) is 0 Å². The van der Waals surface area contributed by atoms with Crippen LogP contribution in [0, 0.1) is 11.8 Å². The zero-order valence-corrected chi connectivity index (χ0v) is 11.2. The molecule has 2 rings (SSSR count). The van der Waals surface area contributed by atoms with Crippen LogP contribution in [-0.2, 0) is 4.74 Å². The van der Waals surface area contributed by atoms with Crippen LogP contribution >= 0.6 is 0 Å². The molecule has 17 heavy (non-hydrogen) atoms. The highest BCUT2D eigenvalue weighted by Crippen LogP contribution is 2.28. The van der Waals surface area contributed by atoms with Gasteiger partial charge in [0.15, 0.2) is 0 Å². The quantitative estimate of drug-likeness (QED) is 0.797. The van der Waals surface area contributed by atoms with E-state index in [1.54, 1.807) is 0 Å². The van der Waals surface area contributed by atoms with Crippen LogP contribution in [0.4, 0.5) is 0 Å². The van der Waals surface area contributed by atoms with E-state index >= 15 is 0 Å². The van der Waals surface area contributed by atoms with Gasteiger partial charge in [-0.1, -0.05) is 32.1 Å². The minimum Gasteiger partial charge on any atom is -0.381 e. The Morgan fingerprint density at radius 3 is 2.35 bits per heavy atom. The summed E-state index contributed by atoms with van der Waals surface area (Å²) in [4.78, 5) is 0. The van der Waals surface area contributed by atoms with Crippen molar-refractivity contribution in [1.82, 2.24) is 0 Å². The molecular formula is C15H29NO. The van der Waals surface area contributed by atoms with Crippen molar-refractivity contribution in [3.63, 3.8) is 0 Å². The Labute approximate surface area is 106 Å². The normalized spacial score (nSPS) is 25.9. The van der Waals surface area contributed by atoms with Crippen molar-refractivity contribution in [2.45, 2.75) is 70.3 Å². The molecule has 0 aromatic rings. The lowest BCUT2D eigenvalue weighted by Gasteiger charge is -2.26. The molecule has 0 aromatic heterocycles. The molecular weight excluding hydrogens is 210 g/mol. The Bertz CT molecular complexity index is 195. The zero-order valence-electron chi connectivity index (χ0n) is 11.2. The summed E-state index contributed by atoms with van der Waals surface area (Å²) in [5.41, 5.74) is 6.28. The lowest BCUT2D eigenvalue weighted by atomic mass is 9.83. The van der Waals surface area contributed by atoms with E-state index in [9.17, 15) is 0 Å². The smallest absolute Gasteiger partial charge is 0.0468 e. The summed E-state index contributed by atoms with van der Waals surface area (Å²) in [6.07, 6.45) is 13.6. The topological polar surface area (TPSA) is 35.2 Å². The van der Waals surface area contributed by atoms with Gasteiger partial charge in [-0.05, 0) is 43.9 Å². The van der Waals surface area contributed by atoms with Gasteiger partial charge in [0.05, 0.1) is 0 Å². The molecule has 0 amide bonds. The molecule has 1 atom stereocenters. The number of ether oxygens (including phenoxy) is 1. The molecule has 1 saturated heterocycles. The number of hydrogen-bond acceptors (Lipinski definition) is 2. The van der Waals surface area contributed by atoms with Gasteiger partial charge >= 0.3 is 0 Å². The van der Waals surface area contributed by atoms with Crippen LogP contribution in [0.25, 0.3) is 0 Å². The van der Waals surface area contributed by atoms with Crippen LogP contribution in [0.2, 0.25) is 0 Å². The third kappa shape index (κ3) is 4.97. The zero-order chi connectivity index (χ0) is 11.9. The second-order valence-electron chi connectivity index (χ2n) is 6.13. The first-order valence-corrected chi connectivity index (χ1v) is 7.68. The standard InChI is InChI=1S/C15H29NO/c16-15(12-14-8-10-17-11-9-14)7-6-13-4-2-1-3-5-13/h13-15H,1-12,16H2. The van der Waals surface area contributed by atoms with Crippen LogP contribution in [-0.4, -0.2) is 19.3 Å². The molecule has 1 saturated carbocycles. The van der Waals surface area contributed by atoms with Gasteiger partial charge in [-0.2, -0.15) is 0 Å². The van der Waals surface area contributed by atoms with Crippen molar-refractivity contribution in [3.05, 3.63) is 0 Å². The summed E-state index contributed by atoms with van der Waals surface area (Å²) in [6.45, 7) is 1.92. The van der Waals surface area contributed by atoms with Crippen LogP contribution < -0.4 is 5.73 Å². The Kier molecular flexibility index (Phi) is 5.79. The van der Waals surface area contributed by atoms with E-state index in [4.69, 9.17) is 10.5 Å². The first-order valence-electron chi connectivity index (χ1n) is 7.68. The van der Waals surface area contributed by atoms with Crippen molar-refractivity contribution in [1.29, 1.82) is 0 Å². The van der Waals surface area contributed by atoms with E-state index < -0.39 is 0 Å². The fraction of sp³-hybridized carbons (Fsp3) is 1.00. The summed E-state index contributed by atoms with van der Waals surface area (Å²) in [6, 6.07) is 0.444. The van der Waals surface area contributed by atoms with Gasteiger partial charge in [-0.15, -0.1) is 0 Å². The average molecular weight is 239 g/mol. The Hall–Kier alpha value is -0.0800. The maximum atomic E-state index is 6.28. The van der Waals surface area contributed by atoms with Gasteiger partial charge in [0.1, 0.15) is 0 Å². The van der Waals surface area contributed by atoms with E-state index in [0.717, 1.165) is 25.0 Å². The number of hydrogen-bond donors (Lipinski definition) is 1. The van der Waals surface area contributed by atoms with Gasteiger partial charge in [0, 0.05) is 19.3 Å².